The molecular formula is C11H16N4OS. The third-order valence-electron chi connectivity index (χ3n) is 2.55. The fourth-order valence-corrected chi connectivity index (χ4v) is 2.42. The van der Waals surface area contributed by atoms with Gasteiger partial charge in [-0.15, -0.1) is 11.3 Å². The second kappa shape index (κ2) is 5.39. The molecule has 0 fully saturated rings. The number of nitrogens with two attached hydrogens (primary N) is 1. The molecule has 2 aromatic heterocycles. The second-order valence-electron chi connectivity index (χ2n) is 3.93. The summed E-state index contributed by atoms with van der Waals surface area (Å²) in [5, 5.41) is 12.2. The van der Waals surface area contributed by atoms with Crippen LogP contribution in [0.25, 0.3) is 0 Å². The lowest BCUT2D eigenvalue weighted by molar-refractivity contribution is 0.263. The Labute approximate surface area is 104 Å². The first kappa shape index (κ1) is 12.2. The van der Waals surface area contributed by atoms with Crippen molar-refractivity contribution in [2.75, 3.05) is 6.61 Å². The third kappa shape index (κ3) is 2.91. The molecule has 0 aromatic carbocycles. The van der Waals surface area contributed by atoms with Gasteiger partial charge in [-0.3, -0.25) is 0 Å². The molecule has 0 amide bonds. The van der Waals surface area contributed by atoms with E-state index in [-0.39, 0.29) is 12.6 Å². The molecule has 2 rings (SSSR count). The summed E-state index contributed by atoms with van der Waals surface area (Å²) >= 11 is 1.67. The van der Waals surface area contributed by atoms with Crippen LogP contribution in [0.2, 0.25) is 0 Å². The number of hydrogen-bond donors (Lipinski definition) is 2. The lowest BCUT2D eigenvalue weighted by Gasteiger charge is -2.11. The van der Waals surface area contributed by atoms with E-state index in [0.717, 1.165) is 29.4 Å². The molecule has 2 heterocycles. The van der Waals surface area contributed by atoms with Crippen LogP contribution in [0.5, 0.6) is 0 Å². The third-order valence-corrected chi connectivity index (χ3v) is 3.58. The topological polar surface area (TPSA) is 77.0 Å². The van der Waals surface area contributed by atoms with Crippen molar-refractivity contribution in [3.8, 4) is 0 Å². The molecule has 0 saturated heterocycles. The molecule has 92 valence electrons. The Morgan fingerprint density at radius 1 is 1.59 bits per heavy atom. The van der Waals surface area contributed by atoms with Crippen molar-refractivity contribution in [1.82, 2.24) is 14.5 Å². The van der Waals surface area contributed by atoms with E-state index in [1.165, 1.54) is 0 Å². The highest BCUT2D eigenvalue weighted by molar-refractivity contribution is 7.09. The van der Waals surface area contributed by atoms with Crippen LogP contribution in [0.1, 0.15) is 22.4 Å². The first-order valence-corrected chi connectivity index (χ1v) is 6.36. The van der Waals surface area contributed by atoms with Gasteiger partial charge in [-0.2, -0.15) is 0 Å². The van der Waals surface area contributed by atoms with Crippen molar-refractivity contribution in [2.45, 2.75) is 25.9 Å². The number of rotatable bonds is 5. The Morgan fingerprint density at radius 3 is 3.06 bits per heavy atom. The maximum atomic E-state index is 9.04. The summed E-state index contributed by atoms with van der Waals surface area (Å²) in [5.74, 6) is 0. The van der Waals surface area contributed by atoms with Crippen molar-refractivity contribution < 1.29 is 5.11 Å². The number of nitrogens with zero attached hydrogens (tertiary/aromatic N) is 3. The van der Waals surface area contributed by atoms with Crippen LogP contribution in [-0.4, -0.2) is 26.2 Å². The first-order chi connectivity index (χ1) is 8.20. The van der Waals surface area contributed by atoms with E-state index in [9.17, 15) is 0 Å². The Balaban J connectivity index is 2.01. The lowest BCUT2D eigenvalue weighted by Crippen LogP contribution is -2.19. The molecule has 0 saturated carbocycles. The van der Waals surface area contributed by atoms with Gasteiger partial charge in [-0.1, -0.05) is 0 Å². The highest BCUT2D eigenvalue weighted by Crippen LogP contribution is 2.13. The molecule has 0 bridgehead atoms. The van der Waals surface area contributed by atoms with E-state index >= 15 is 0 Å². The zero-order valence-corrected chi connectivity index (χ0v) is 10.5. The highest BCUT2D eigenvalue weighted by Gasteiger charge is 2.10. The molecule has 17 heavy (non-hydrogen) atoms. The van der Waals surface area contributed by atoms with Crippen LogP contribution in [-0.2, 0) is 13.0 Å². The number of thiazole rings is 1. The first-order valence-electron chi connectivity index (χ1n) is 5.48. The van der Waals surface area contributed by atoms with Gasteiger partial charge in [0.25, 0.3) is 0 Å². The summed E-state index contributed by atoms with van der Waals surface area (Å²) in [5.41, 5.74) is 7.71. The normalized spacial score (nSPS) is 12.9. The van der Waals surface area contributed by atoms with Crippen molar-refractivity contribution >= 4 is 11.3 Å². The van der Waals surface area contributed by atoms with Gasteiger partial charge in [0.15, 0.2) is 0 Å². The quantitative estimate of drug-likeness (QED) is 0.828. The minimum Gasteiger partial charge on any atom is -0.394 e. The number of aliphatic hydroxyl groups excluding tert-OH is 1. The molecular weight excluding hydrogens is 236 g/mol. The van der Waals surface area contributed by atoms with Crippen molar-refractivity contribution in [3.05, 3.63) is 34.3 Å². The van der Waals surface area contributed by atoms with Gasteiger partial charge in [-0.25, -0.2) is 9.97 Å². The maximum Gasteiger partial charge on any atom is 0.0948 e. The average Bonchev–Trinajstić information content (AvgIpc) is 2.94. The van der Waals surface area contributed by atoms with Gasteiger partial charge in [0.2, 0.25) is 0 Å². The van der Waals surface area contributed by atoms with E-state index < -0.39 is 0 Å². The number of hydrogen-bond acceptors (Lipinski definition) is 5. The molecule has 0 aliphatic rings. The second-order valence-corrected chi connectivity index (χ2v) is 4.88. The molecule has 5 nitrogen and oxygen atoms in total. The van der Waals surface area contributed by atoms with Crippen molar-refractivity contribution in [2.24, 2.45) is 5.73 Å². The SMILES string of the molecule is Cc1csc(CCn2cncc2C(N)CO)n1. The van der Waals surface area contributed by atoms with E-state index in [4.69, 9.17) is 10.8 Å². The Kier molecular flexibility index (Phi) is 3.88. The largest absolute Gasteiger partial charge is 0.394 e. The summed E-state index contributed by atoms with van der Waals surface area (Å²) in [4.78, 5) is 8.47. The number of imidazole rings is 1. The summed E-state index contributed by atoms with van der Waals surface area (Å²) in [6.07, 6.45) is 4.30. The molecule has 0 aliphatic carbocycles. The van der Waals surface area contributed by atoms with Crippen LogP contribution in [0.4, 0.5) is 0 Å². The van der Waals surface area contributed by atoms with Crippen molar-refractivity contribution in [3.63, 3.8) is 0 Å². The van der Waals surface area contributed by atoms with E-state index in [1.807, 2.05) is 16.9 Å². The minimum absolute atomic E-state index is 0.0674. The summed E-state index contributed by atoms with van der Waals surface area (Å²) < 4.78 is 1.97. The Bertz CT molecular complexity index is 479. The van der Waals surface area contributed by atoms with Gasteiger partial charge in [0.1, 0.15) is 0 Å². The number of aryl methyl sites for hydroxylation is 3. The number of aliphatic hydroxyl groups is 1. The maximum absolute atomic E-state index is 9.04. The van der Waals surface area contributed by atoms with Crippen LogP contribution >= 0.6 is 11.3 Å². The summed E-state index contributed by atoms with van der Waals surface area (Å²) in [7, 11) is 0. The van der Waals surface area contributed by atoms with Gasteiger partial charge in [0.05, 0.1) is 29.7 Å². The number of aromatic nitrogens is 3. The molecule has 6 heteroatoms. The Hall–Kier alpha value is -1.24. The average molecular weight is 252 g/mol. The van der Waals surface area contributed by atoms with Crippen LogP contribution in [0, 0.1) is 6.92 Å². The summed E-state index contributed by atoms with van der Waals surface area (Å²) in [6.45, 7) is 2.71. The molecule has 0 aliphatic heterocycles. The van der Waals surface area contributed by atoms with Gasteiger partial charge in [0, 0.05) is 30.2 Å². The highest BCUT2D eigenvalue weighted by atomic mass is 32.1. The molecule has 1 atom stereocenters. The molecule has 1 unspecified atom stereocenters. The van der Waals surface area contributed by atoms with Gasteiger partial charge >= 0.3 is 0 Å². The van der Waals surface area contributed by atoms with E-state index in [0.29, 0.717) is 0 Å². The van der Waals surface area contributed by atoms with Crippen molar-refractivity contribution in [1.29, 1.82) is 0 Å². The molecule has 0 radical (unpaired) electrons. The molecule has 3 N–H and O–H groups in total. The lowest BCUT2D eigenvalue weighted by atomic mass is 10.2. The molecule has 0 spiro atoms. The standard InChI is InChI=1S/C11H16N4OS/c1-8-6-17-11(14-8)2-3-15-7-13-4-10(15)9(12)5-16/h4,6-7,9,16H,2-3,5,12H2,1H3. The molecule has 2 aromatic rings. The van der Waals surface area contributed by atoms with Crippen LogP contribution in [0.15, 0.2) is 17.9 Å². The van der Waals surface area contributed by atoms with Gasteiger partial charge < -0.3 is 15.4 Å². The summed E-state index contributed by atoms with van der Waals surface area (Å²) in [6, 6.07) is -0.365. The van der Waals surface area contributed by atoms with Crippen LogP contribution < -0.4 is 5.73 Å². The fraction of sp³-hybridized carbons (Fsp3) is 0.455. The van der Waals surface area contributed by atoms with E-state index in [1.54, 1.807) is 23.9 Å². The fourth-order valence-electron chi connectivity index (χ4n) is 1.65. The zero-order chi connectivity index (χ0) is 12.3. The predicted molar refractivity (Wildman–Crippen MR) is 66.8 cm³/mol. The monoisotopic (exact) mass is 252 g/mol. The smallest absolute Gasteiger partial charge is 0.0948 e. The van der Waals surface area contributed by atoms with E-state index in [2.05, 4.69) is 9.97 Å². The minimum atomic E-state index is -0.365. The zero-order valence-electron chi connectivity index (χ0n) is 9.71. The predicted octanol–water partition coefficient (Wildman–Crippen LogP) is 0.883. The van der Waals surface area contributed by atoms with Crippen LogP contribution in [0.3, 0.4) is 0 Å². The van der Waals surface area contributed by atoms with Gasteiger partial charge in [-0.05, 0) is 6.92 Å². The Morgan fingerprint density at radius 2 is 2.41 bits per heavy atom.